The Morgan fingerprint density at radius 1 is 1.17 bits per heavy atom. The van der Waals surface area contributed by atoms with Gasteiger partial charge < -0.3 is 0 Å². The molecular weight excluding hydrogens is 395 g/mol. The van der Waals surface area contributed by atoms with E-state index in [2.05, 4.69) is 10.5 Å². The fraction of sp³-hybridized carbons (Fsp3) is 0.318. The Kier molecular flexibility index (Phi) is 4.88. The van der Waals surface area contributed by atoms with Crippen molar-refractivity contribution in [2.24, 2.45) is 11.0 Å². The Morgan fingerprint density at radius 3 is 2.53 bits per heavy atom. The molecule has 1 unspecified atom stereocenters. The number of amides is 2. The molecule has 5 nitrogen and oxygen atoms in total. The fourth-order valence-electron chi connectivity index (χ4n) is 3.62. The first-order valence-corrected chi connectivity index (χ1v) is 9.62. The van der Waals surface area contributed by atoms with E-state index in [9.17, 15) is 22.8 Å². The van der Waals surface area contributed by atoms with E-state index in [1.165, 1.54) is 11.0 Å². The van der Waals surface area contributed by atoms with Crippen LogP contribution >= 0.6 is 0 Å². The summed E-state index contributed by atoms with van der Waals surface area (Å²) in [5.41, 5.74) is 3.93. The SMILES string of the molecule is C/C(=N/NC(=O)C1CC1)C1C(=O)N(c2cccc(C)c2)c2cc(C(F)(F)F)ccc21. The van der Waals surface area contributed by atoms with Crippen LogP contribution in [0, 0.1) is 12.8 Å². The third-order valence-electron chi connectivity index (χ3n) is 5.35. The molecule has 4 rings (SSSR count). The second-order valence-electron chi connectivity index (χ2n) is 7.72. The molecule has 0 aromatic heterocycles. The monoisotopic (exact) mass is 415 g/mol. The molecule has 0 radical (unpaired) electrons. The number of nitrogens with zero attached hydrogens (tertiary/aromatic N) is 2. The van der Waals surface area contributed by atoms with E-state index in [0.29, 0.717) is 17.0 Å². The van der Waals surface area contributed by atoms with Gasteiger partial charge in [0.25, 0.3) is 0 Å². The summed E-state index contributed by atoms with van der Waals surface area (Å²) < 4.78 is 40.0. The molecular formula is C22H20F3N3O2. The minimum atomic E-state index is -4.53. The van der Waals surface area contributed by atoms with Crippen molar-refractivity contribution in [1.82, 2.24) is 5.43 Å². The molecule has 2 amide bonds. The molecule has 2 aromatic carbocycles. The van der Waals surface area contributed by atoms with Gasteiger partial charge in [0.15, 0.2) is 0 Å². The molecule has 1 saturated carbocycles. The predicted molar refractivity (Wildman–Crippen MR) is 106 cm³/mol. The summed E-state index contributed by atoms with van der Waals surface area (Å²) in [7, 11) is 0. The number of benzene rings is 2. The number of halogens is 3. The molecule has 1 aliphatic carbocycles. The van der Waals surface area contributed by atoms with Gasteiger partial charge >= 0.3 is 6.18 Å². The minimum Gasteiger partial charge on any atom is -0.280 e. The molecule has 8 heteroatoms. The van der Waals surface area contributed by atoms with Gasteiger partial charge in [0.1, 0.15) is 5.92 Å². The van der Waals surface area contributed by atoms with Gasteiger partial charge in [-0.2, -0.15) is 18.3 Å². The number of carbonyl (C=O) groups is 2. The Balaban J connectivity index is 1.77. The van der Waals surface area contributed by atoms with Crippen LogP contribution in [-0.4, -0.2) is 17.5 Å². The summed E-state index contributed by atoms with van der Waals surface area (Å²) in [5, 5.41) is 4.08. The minimum absolute atomic E-state index is 0.0498. The number of aryl methyl sites for hydroxylation is 1. The average Bonchev–Trinajstić information content (AvgIpc) is 3.48. The number of hydrogen-bond donors (Lipinski definition) is 1. The number of nitrogens with one attached hydrogen (secondary N) is 1. The molecule has 30 heavy (non-hydrogen) atoms. The smallest absolute Gasteiger partial charge is 0.280 e. The maximum absolute atomic E-state index is 13.3. The van der Waals surface area contributed by atoms with Gasteiger partial charge in [-0.15, -0.1) is 0 Å². The van der Waals surface area contributed by atoms with Crippen molar-refractivity contribution in [1.29, 1.82) is 0 Å². The van der Waals surface area contributed by atoms with Gasteiger partial charge in [-0.25, -0.2) is 5.43 Å². The number of rotatable bonds is 4. The molecule has 1 aliphatic heterocycles. The molecule has 2 aromatic rings. The summed E-state index contributed by atoms with van der Waals surface area (Å²) in [5.74, 6) is -1.53. The quantitative estimate of drug-likeness (QED) is 0.582. The van der Waals surface area contributed by atoms with E-state index in [0.717, 1.165) is 30.5 Å². The highest BCUT2D eigenvalue weighted by molar-refractivity contribution is 6.21. The van der Waals surface area contributed by atoms with Crippen molar-refractivity contribution >= 4 is 28.9 Å². The van der Waals surface area contributed by atoms with Crippen molar-refractivity contribution < 1.29 is 22.8 Å². The largest absolute Gasteiger partial charge is 0.416 e. The van der Waals surface area contributed by atoms with Crippen molar-refractivity contribution in [3.05, 3.63) is 59.2 Å². The van der Waals surface area contributed by atoms with Crippen molar-refractivity contribution in [3.63, 3.8) is 0 Å². The number of fused-ring (bicyclic) bond motifs is 1. The Labute approximate surface area is 171 Å². The lowest BCUT2D eigenvalue weighted by molar-refractivity contribution is -0.137. The van der Waals surface area contributed by atoms with Crippen LogP contribution in [0.1, 0.15) is 42.4 Å². The van der Waals surface area contributed by atoms with Gasteiger partial charge in [0, 0.05) is 11.6 Å². The van der Waals surface area contributed by atoms with Gasteiger partial charge in [-0.1, -0.05) is 18.2 Å². The number of hydrogen-bond acceptors (Lipinski definition) is 3. The number of hydrazone groups is 1. The summed E-state index contributed by atoms with van der Waals surface area (Å²) in [6, 6.07) is 10.3. The summed E-state index contributed by atoms with van der Waals surface area (Å²) in [6.45, 7) is 3.44. The highest BCUT2D eigenvalue weighted by Crippen LogP contribution is 2.45. The van der Waals surface area contributed by atoms with Gasteiger partial charge in [-0.05, 0) is 62.1 Å². The van der Waals surface area contributed by atoms with E-state index in [1.54, 1.807) is 25.1 Å². The topological polar surface area (TPSA) is 61.8 Å². The third-order valence-corrected chi connectivity index (χ3v) is 5.35. The molecule has 0 saturated heterocycles. The van der Waals surface area contributed by atoms with E-state index in [1.807, 2.05) is 13.0 Å². The van der Waals surface area contributed by atoms with Crippen LogP contribution in [0.5, 0.6) is 0 Å². The van der Waals surface area contributed by atoms with E-state index < -0.39 is 23.6 Å². The standard InChI is InChI=1S/C22H20F3N3O2/c1-12-4-3-5-16(10-12)28-18-11-15(22(23,24)25)8-9-17(18)19(21(28)30)13(2)26-27-20(29)14-6-7-14/h3-5,8-11,14,19H,6-7H2,1-2H3,(H,27,29)/b26-13-. The normalized spacial score (nSPS) is 19.1. The molecule has 1 heterocycles. The van der Waals surface area contributed by atoms with E-state index in [4.69, 9.17) is 0 Å². The predicted octanol–water partition coefficient (Wildman–Crippen LogP) is 4.68. The Hall–Kier alpha value is -3.16. The zero-order chi connectivity index (χ0) is 21.6. The number of anilines is 2. The number of alkyl halides is 3. The van der Waals surface area contributed by atoms with Crippen LogP contribution in [0.3, 0.4) is 0 Å². The van der Waals surface area contributed by atoms with Gasteiger partial charge in [0.05, 0.1) is 17.0 Å². The first-order chi connectivity index (χ1) is 14.2. The molecule has 2 aliphatic rings. The van der Waals surface area contributed by atoms with Crippen LogP contribution in [0.25, 0.3) is 0 Å². The van der Waals surface area contributed by atoms with Gasteiger partial charge in [-0.3, -0.25) is 14.5 Å². The lowest BCUT2D eigenvalue weighted by atomic mass is 9.95. The lowest BCUT2D eigenvalue weighted by Gasteiger charge is -2.19. The highest BCUT2D eigenvalue weighted by Gasteiger charge is 2.42. The van der Waals surface area contributed by atoms with Crippen molar-refractivity contribution in [2.75, 3.05) is 4.90 Å². The van der Waals surface area contributed by atoms with Crippen LogP contribution in [0.15, 0.2) is 47.6 Å². The summed E-state index contributed by atoms with van der Waals surface area (Å²) in [6.07, 6.45) is -2.91. The van der Waals surface area contributed by atoms with Gasteiger partial charge in [0.2, 0.25) is 11.8 Å². The molecule has 1 atom stereocenters. The molecule has 0 bridgehead atoms. The van der Waals surface area contributed by atoms with Crippen molar-refractivity contribution in [3.8, 4) is 0 Å². The highest BCUT2D eigenvalue weighted by atomic mass is 19.4. The lowest BCUT2D eigenvalue weighted by Crippen LogP contribution is -2.29. The summed E-state index contributed by atoms with van der Waals surface area (Å²) >= 11 is 0. The number of carbonyl (C=O) groups excluding carboxylic acids is 2. The zero-order valence-electron chi connectivity index (χ0n) is 16.5. The second kappa shape index (κ2) is 7.27. The molecule has 1 fully saturated rings. The van der Waals surface area contributed by atoms with E-state index >= 15 is 0 Å². The third kappa shape index (κ3) is 3.69. The van der Waals surface area contributed by atoms with Crippen molar-refractivity contribution in [2.45, 2.75) is 38.8 Å². The van der Waals surface area contributed by atoms with Crippen LogP contribution < -0.4 is 10.3 Å². The average molecular weight is 415 g/mol. The maximum Gasteiger partial charge on any atom is 0.416 e. The first kappa shape index (κ1) is 20.1. The zero-order valence-corrected chi connectivity index (χ0v) is 16.5. The van der Waals surface area contributed by atoms with E-state index in [-0.39, 0.29) is 17.5 Å². The Bertz CT molecular complexity index is 1060. The fourth-order valence-corrected chi connectivity index (χ4v) is 3.62. The van der Waals surface area contributed by atoms with Crippen LogP contribution in [0.4, 0.5) is 24.5 Å². The molecule has 1 N–H and O–H groups in total. The van der Waals surface area contributed by atoms with Crippen LogP contribution in [-0.2, 0) is 15.8 Å². The molecule has 156 valence electrons. The maximum atomic E-state index is 13.3. The first-order valence-electron chi connectivity index (χ1n) is 9.62. The summed E-state index contributed by atoms with van der Waals surface area (Å²) in [4.78, 5) is 26.5. The Morgan fingerprint density at radius 2 is 1.90 bits per heavy atom. The molecule has 0 spiro atoms. The van der Waals surface area contributed by atoms with Crippen LogP contribution in [0.2, 0.25) is 0 Å². The second-order valence-corrected chi connectivity index (χ2v) is 7.72.